The molecule has 1 aromatic heterocycles. The number of halogens is 1. The van der Waals surface area contributed by atoms with Gasteiger partial charge in [-0.15, -0.1) is 0 Å². The van der Waals surface area contributed by atoms with Crippen LogP contribution >= 0.6 is 15.9 Å². The minimum Gasteiger partial charge on any atom is -0.443 e. The smallest absolute Gasteiger partial charge is 0.280 e. The molecule has 0 unspecified atom stereocenters. The van der Waals surface area contributed by atoms with Crippen LogP contribution < -0.4 is 0 Å². The van der Waals surface area contributed by atoms with Crippen molar-refractivity contribution in [1.82, 2.24) is 4.98 Å². The summed E-state index contributed by atoms with van der Waals surface area (Å²) in [6, 6.07) is 4.65. The number of hydrogen-bond acceptors (Lipinski definition) is 4. The lowest BCUT2D eigenvalue weighted by atomic mass is 10.1. The van der Waals surface area contributed by atoms with E-state index in [-0.39, 0.29) is 5.69 Å². The third-order valence-electron chi connectivity index (χ3n) is 1.85. The summed E-state index contributed by atoms with van der Waals surface area (Å²) < 4.78 is 5.78. The number of nitro benzene ring substituents is 1. The van der Waals surface area contributed by atoms with Gasteiger partial charge in [0, 0.05) is 10.5 Å². The second-order valence-electron chi connectivity index (χ2n) is 2.78. The van der Waals surface area contributed by atoms with Crippen molar-refractivity contribution in [3.05, 3.63) is 45.4 Å². The molecule has 0 aliphatic heterocycles. The Kier molecular flexibility index (Phi) is 2.51. The Morgan fingerprint density at radius 3 is 2.87 bits per heavy atom. The molecule has 2 rings (SSSR count). The van der Waals surface area contributed by atoms with Crippen LogP contribution in [0.15, 0.2) is 39.7 Å². The highest BCUT2D eigenvalue weighted by atomic mass is 79.9. The van der Waals surface area contributed by atoms with Gasteiger partial charge in [0.2, 0.25) is 0 Å². The number of nitro groups is 1. The predicted octanol–water partition coefficient (Wildman–Crippen LogP) is 3.01. The Bertz CT molecular complexity index is 496. The summed E-state index contributed by atoms with van der Waals surface area (Å²) in [5.74, 6) is 0.378. The van der Waals surface area contributed by atoms with Crippen molar-refractivity contribution in [3.63, 3.8) is 0 Å². The van der Waals surface area contributed by atoms with Gasteiger partial charge >= 0.3 is 0 Å². The van der Waals surface area contributed by atoms with Gasteiger partial charge < -0.3 is 4.42 Å². The summed E-state index contributed by atoms with van der Waals surface area (Å²) in [5.41, 5.74) is 0.404. The van der Waals surface area contributed by atoms with Crippen LogP contribution in [0.1, 0.15) is 0 Å². The van der Waals surface area contributed by atoms with Crippen LogP contribution in [0.4, 0.5) is 5.69 Å². The van der Waals surface area contributed by atoms with Crippen molar-refractivity contribution in [2.24, 2.45) is 0 Å². The van der Waals surface area contributed by atoms with Crippen LogP contribution in [-0.2, 0) is 0 Å². The maximum absolute atomic E-state index is 10.8. The van der Waals surface area contributed by atoms with Crippen molar-refractivity contribution in [1.29, 1.82) is 0 Å². The van der Waals surface area contributed by atoms with Gasteiger partial charge in [-0.05, 0) is 12.1 Å². The molecule has 0 bridgehead atoms. The van der Waals surface area contributed by atoms with E-state index in [9.17, 15) is 10.1 Å². The van der Waals surface area contributed by atoms with E-state index < -0.39 is 4.92 Å². The third-order valence-corrected chi connectivity index (χ3v) is 2.35. The maximum atomic E-state index is 10.8. The molecule has 15 heavy (non-hydrogen) atoms. The van der Waals surface area contributed by atoms with Crippen molar-refractivity contribution >= 4 is 21.6 Å². The molecular weight excluding hydrogens is 264 g/mol. The first-order valence-electron chi connectivity index (χ1n) is 4.01. The van der Waals surface area contributed by atoms with Gasteiger partial charge in [-0.25, -0.2) is 4.98 Å². The first-order chi connectivity index (χ1) is 7.18. The molecule has 0 aliphatic rings. The molecule has 0 N–H and O–H groups in total. The van der Waals surface area contributed by atoms with Gasteiger partial charge in [-0.1, -0.05) is 15.9 Å². The number of rotatable bonds is 2. The van der Waals surface area contributed by atoms with Gasteiger partial charge in [-0.3, -0.25) is 10.1 Å². The lowest BCUT2D eigenvalue weighted by molar-refractivity contribution is -0.384. The Hall–Kier alpha value is -1.69. The SMILES string of the molecule is O=[N+]([O-])c1ccc(Br)cc1-c1cnco1. The zero-order valence-corrected chi connectivity index (χ0v) is 8.97. The normalized spacial score (nSPS) is 10.2. The highest BCUT2D eigenvalue weighted by molar-refractivity contribution is 9.10. The fourth-order valence-electron chi connectivity index (χ4n) is 1.21. The second-order valence-corrected chi connectivity index (χ2v) is 3.70. The van der Waals surface area contributed by atoms with Crippen molar-refractivity contribution in [2.45, 2.75) is 0 Å². The van der Waals surface area contributed by atoms with Crippen LogP contribution in [0.25, 0.3) is 11.3 Å². The van der Waals surface area contributed by atoms with Crippen LogP contribution in [0.3, 0.4) is 0 Å². The average molecular weight is 269 g/mol. The molecule has 0 saturated heterocycles. The summed E-state index contributed by atoms with van der Waals surface area (Å²) in [6.07, 6.45) is 2.68. The Morgan fingerprint density at radius 1 is 1.47 bits per heavy atom. The van der Waals surface area contributed by atoms with E-state index in [4.69, 9.17) is 4.42 Å². The molecule has 1 aromatic carbocycles. The first kappa shape index (κ1) is 9.85. The van der Waals surface area contributed by atoms with Crippen molar-refractivity contribution in [3.8, 4) is 11.3 Å². The molecule has 1 heterocycles. The molecule has 76 valence electrons. The largest absolute Gasteiger partial charge is 0.443 e. The molecule has 5 nitrogen and oxygen atoms in total. The van der Waals surface area contributed by atoms with Gasteiger partial charge in [0.25, 0.3) is 5.69 Å². The lowest BCUT2D eigenvalue weighted by Gasteiger charge is -1.99. The molecule has 0 aliphatic carbocycles. The van der Waals surface area contributed by atoms with Gasteiger partial charge in [0.15, 0.2) is 12.2 Å². The van der Waals surface area contributed by atoms with E-state index >= 15 is 0 Å². The summed E-state index contributed by atoms with van der Waals surface area (Å²) in [7, 11) is 0. The van der Waals surface area contributed by atoms with Crippen LogP contribution in [0, 0.1) is 10.1 Å². The molecule has 0 fully saturated rings. The summed E-state index contributed by atoms with van der Waals surface area (Å²) in [4.78, 5) is 14.0. The Balaban J connectivity index is 2.63. The quantitative estimate of drug-likeness (QED) is 0.620. The highest BCUT2D eigenvalue weighted by Gasteiger charge is 2.17. The number of hydrogen-bond donors (Lipinski definition) is 0. The topological polar surface area (TPSA) is 69.2 Å². The number of nitrogens with zero attached hydrogens (tertiary/aromatic N) is 2. The van der Waals surface area contributed by atoms with Gasteiger partial charge in [-0.2, -0.15) is 0 Å². The van der Waals surface area contributed by atoms with Gasteiger partial charge in [0.1, 0.15) is 0 Å². The summed E-state index contributed by atoms with van der Waals surface area (Å²) >= 11 is 3.25. The fourth-order valence-corrected chi connectivity index (χ4v) is 1.57. The second kappa shape index (κ2) is 3.82. The molecular formula is C9H5BrN2O3. The van der Waals surface area contributed by atoms with E-state index in [0.29, 0.717) is 11.3 Å². The first-order valence-corrected chi connectivity index (χ1v) is 4.80. The van der Waals surface area contributed by atoms with E-state index in [1.165, 1.54) is 18.7 Å². The molecule has 2 aromatic rings. The van der Waals surface area contributed by atoms with E-state index in [2.05, 4.69) is 20.9 Å². The zero-order valence-electron chi connectivity index (χ0n) is 7.38. The standard InChI is InChI=1S/C9H5BrN2O3/c10-6-1-2-8(12(13)14)7(3-6)9-4-11-5-15-9/h1-5H. The fraction of sp³-hybridized carbons (Fsp3) is 0. The predicted molar refractivity (Wildman–Crippen MR) is 56.3 cm³/mol. The molecule has 0 radical (unpaired) electrons. The minimum atomic E-state index is -0.454. The number of aromatic nitrogens is 1. The minimum absolute atomic E-state index is 0.00468. The molecule has 0 saturated carbocycles. The van der Waals surface area contributed by atoms with E-state index in [1.807, 2.05) is 0 Å². The number of benzene rings is 1. The molecule has 0 spiro atoms. The number of oxazole rings is 1. The van der Waals surface area contributed by atoms with Crippen molar-refractivity contribution < 1.29 is 9.34 Å². The monoisotopic (exact) mass is 268 g/mol. The van der Waals surface area contributed by atoms with Crippen LogP contribution in [-0.4, -0.2) is 9.91 Å². The summed E-state index contributed by atoms with van der Waals surface area (Å²) in [5, 5.41) is 10.8. The van der Waals surface area contributed by atoms with E-state index in [1.54, 1.807) is 12.1 Å². The van der Waals surface area contributed by atoms with E-state index in [0.717, 1.165) is 4.47 Å². The van der Waals surface area contributed by atoms with Gasteiger partial charge in [0.05, 0.1) is 16.7 Å². The average Bonchev–Trinajstić information content (AvgIpc) is 2.69. The molecule has 0 amide bonds. The Labute approximate surface area is 93.0 Å². The molecule has 0 atom stereocenters. The highest BCUT2D eigenvalue weighted by Crippen LogP contribution is 2.31. The zero-order chi connectivity index (χ0) is 10.8. The van der Waals surface area contributed by atoms with Crippen LogP contribution in [0.2, 0.25) is 0 Å². The Morgan fingerprint density at radius 2 is 2.27 bits per heavy atom. The van der Waals surface area contributed by atoms with Crippen molar-refractivity contribution in [2.75, 3.05) is 0 Å². The lowest BCUT2D eigenvalue weighted by Crippen LogP contribution is -1.91. The van der Waals surface area contributed by atoms with Crippen LogP contribution in [0.5, 0.6) is 0 Å². The third kappa shape index (κ3) is 1.89. The maximum Gasteiger partial charge on any atom is 0.280 e. The summed E-state index contributed by atoms with van der Waals surface area (Å²) in [6.45, 7) is 0. The molecule has 6 heteroatoms.